The van der Waals surface area contributed by atoms with Crippen molar-refractivity contribution in [1.82, 2.24) is 5.32 Å². The third-order valence-electron chi connectivity index (χ3n) is 5.07. The van der Waals surface area contributed by atoms with Crippen LogP contribution in [0.3, 0.4) is 0 Å². The number of amides is 1. The topological polar surface area (TPSA) is 71.3 Å². The lowest BCUT2D eigenvalue weighted by Gasteiger charge is -2.14. The molecule has 0 aliphatic rings. The highest BCUT2D eigenvalue weighted by molar-refractivity contribution is 14.1. The first kappa shape index (κ1) is 26.9. The molecular formula is C27H23Cl2IN2O3. The van der Waals surface area contributed by atoms with Gasteiger partial charge in [-0.15, -0.1) is 0 Å². The van der Waals surface area contributed by atoms with Gasteiger partial charge in [0.05, 0.1) is 20.7 Å². The predicted octanol–water partition coefficient (Wildman–Crippen LogP) is 6.84. The van der Waals surface area contributed by atoms with Crippen LogP contribution in [0.25, 0.3) is 6.08 Å². The number of nitriles is 1. The third kappa shape index (κ3) is 7.89. The molecule has 0 heterocycles. The molecule has 0 saturated heterocycles. The number of carbonyl (C=O) groups excluding carboxylic acids is 1. The van der Waals surface area contributed by atoms with E-state index in [1.54, 1.807) is 24.3 Å². The molecule has 0 aliphatic carbocycles. The Kier molecular flexibility index (Phi) is 10.3. The molecule has 0 unspecified atom stereocenters. The van der Waals surface area contributed by atoms with Crippen LogP contribution >= 0.6 is 45.8 Å². The van der Waals surface area contributed by atoms with E-state index in [1.165, 1.54) is 12.7 Å². The number of ether oxygens (including phenoxy) is 2. The average Bonchev–Trinajstić information content (AvgIpc) is 2.86. The quantitative estimate of drug-likeness (QED) is 0.117. The normalized spacial score (nSPS) is 11.0. The van der Waals surface area contributed by atoms with Gasteiger partial charge in [-0.25, -0.2) is 0 Å². The van der Waals surface area contributed by atoms with E-state index in [0.717, 1.165) is 22.0 Å². The number of halogens is 3. The van der Waals surface area contributed by atoms with E-state index in [9.17, 15) is 10.1 Å². The van der Waals surface area contributed by atoms with Gasteiger partial charge in [-0.3, -0.25) is 4.79 Å². The highest BCUT2D eigenvalue weighted by Gasteiger charge is 2.14. The molecule has 180 valence electrons. The molecule has 3 aromatic rings. The van der Waals surface area contributed by atoms with Crippen molar-refractivity contribution >= 4 is 57.8 Å². The molecule has 0 saturated carbocycles. The Morgan fingerprint density at radius 3 is 2.54 bits per heavy atom. The van der Waals surface area contributed by atoms with Crippen LogP contribution in [-0.4, -0.2) is 19.6 Å². The molecule has 3 rings (SSSR count). The molecule has 0 aromatic heterocycles. The molecule has 0 radical (unpaired) electrons. The Morgan fingerprint density at radius 2 is 1.86 bits per heavy atom. The lowest BCUT2D eigenvalue weighted by molar-refractivity contribution is -0.117. The summed E-state index contributed by atoms with van der Waals surface area (Å²) in [6.07, 6.45) is 3.18. The minimum atomic E-state index is -0.408. The van der Waals surface area contributed by atoms with Gasteiger partial charge in [-0.2, -0.15) is 5.26 Å². The van der Waals surface area contributed by atoms with Crippen molar-refractivity contribution in [2.75, 3.05) is 13.7 Å². The van der Waals surface area contributed by atoms with Gasteiger partial charge in [0.15, 0.2) is 11.5 Å². The van der Waals surface area contributed by atoms with Gasteiger partial charge >= 0.3 is 0 Å². The maximum absolute atomic E-state index is 12.5. The van der Waals surface area contributed by atoms with Crippen molar-refractivity contribution in [3.63, 3.8) is 0 Å². The van der Waals surface area contributed by atoms with Crippen LogP contribution in [0.2, 0.25) is 10.0 Å². The van der Waals surface area contributed by atoms with Crippen molar-refractivity contribution < 1.29 is 14.3 Å². The minimum Gasteiger partial charge on any atom is -0.493 e. The van der Waals surface area contributed by atoms with Crippen molar-refractivity contribution in [3.05, 3.63) is 96.5 Å². The van der Waals surface area contributed by atoms with E-state index in [4.69, 9.17) is 32.7 Å². The first-order valence-corrected chi connectivity index (χ1v) is 12.6. The van der Waals surface area contributed by atoms with Gasteiger partial charge in [0.2, 0.25) is 0 Å². The standard InChI is InChI=1S/C27H23Cl2IN2O3/c1-34-25-15-20(14-24(30)26(25)35-17-19-9-10-22(28)23(29)13-19)12-21(16-31)27(33)32-11-5-8-18-6-3-2-4-7-18/h2-4,6-7,9-10,12-15H,5,8,11,17H2,1H3,(H,32,33)/b21-12-. The number of hydrogen-bond acceptors (Lipinski definition) is 4. The van der Waals surface area contributed by atoms with E-state index in [0.29, 0.717) is 33.7 Å². The lowest BCUT2D eigenvalue weighted by atomic mass is 10.1. The fourth-order valence-electron chi connectivity index (χ4n) is 3.30. The van der Waals surface area contributed by atoms with Gasteiger partial charge in [-0.05, 0) is 82.5 Å². The van der Waals surface area contributed by atoms with Crippen LogP contribution in [0.4, 0.5) is 0 Å². The zero-order chi connectivity index (χ0) is 25.2. The summed E-state index contributed by atoms with van der Waals surface area (Å²) in [6.45, 7) is 0.752. The van der Waals surface area contributed by atoms with Crippen molar-refractivity contribution in [1.29, 1.82) is 5.26 Å². The number of aryl methyl sites for hydroxylation is 1. The van der Waals surface area contributed by atoms with Gasteiger partial charge in [0.1, 0.15) is 18.2 Å². The molecule has 0 bridgehead atoms. The molecule has 3 aromatic carbocycles. The molecule has 0 spiro atoms. The summed E-state index contributed by atoms with van der Waals surface area (Å²) in [5.74, 6) is 0.637. The van der Waals surface area contributed by atoms with Crippen molar-refractivity contribution in [2.24, 2.45) is 0 Å². The second-order valence-electron chi connectivity index (χ2n) is 7.59. The maximum Gasteiger partial charge on any atom is 0.261 e. The second kappa shape index (κ2) is 13.4. The summed E-state index contributed by atoms with van der Waals surface area (Å²) in [6, 6.07) is 20.9. The van der Waals surface area contributed by atoms with Crippen LogP contribution in [0, 0.1) is 14.9 Å². The molecule has 0 fully saturated rings. The van der Waals surface area contributed by atoms with Gasteiger partial charge in [0.25, 0.3) is 5.91 Å². The zero-order valence-corrected chi connectivity index (χ0v) is 22.7. The average molecular weight is 621 g/mol. The number of rotatable bonds is 10. The zero-order valence-electron chi connectivity index (χ0n) is 19.0. The van der Waals surface area contributed by atoms with Gasteiger partial charge in [0, 0.05) is 6.54 Å². The number of hydrogen-bond donors (Lipinski definition) is 1. The summed E-state index contributed by atoms with van der Waals surface area (Å²) in [5.41, 5.74) is 2.74. The number of nitrogens with zero attached hydrogens (tertiary/aromatic N) is 1. The minimum absolute atomic E-state index is 0.0204. The van der Waals surface area contributed by atoms with E-state index >= 15 is 0 Å². The van der Waals surface area contributed by atoms with Crippen LogP contribution < -0.4 is 14.8 Å². The molecule has 35 heavy (non-hydrogen) atoms. The number of benzene rings is 3. The summed E-state index contributed by atoms with van der Waals surface area (Å²) in [7, 11) is 1.54. The number of carbonyl (C=O) groups is 1. The largest absolute Gasteiger partial charge is 0.493 e. The Balaban J connectivity index is 1.66. The molecular weight excluding hydrogens is 598 g/mol. The van der Waals surface area contributed by atoms with Crippen molar-refractivity contribution in [3.8, 4) is 17.6 Å². The van der Waals surface area contributed by atoms with Crippen LogP contribution in [0.15, 0.2) is 66.2 Å². The molecule has 1 N–H and O–H groups in total. The van der Waals surface area contributed by atoms with Crippen molar-refractivity contribution in [2.45, 2.75) is 19.4 Å². The number of nitrogens with one attached hydrogen (secondary N) is 1. The van der Waals surface area contributed by atoms with Gasteiger partial charge < -0.3 is 14.8 Å². The fraction of sp³-hybridized carbons (Fsp3) is 0.185. The van der Waals surface area contributed by atoms with E-state index in [-0.39, 0.29) is 12.2 Å². The molecule has 0 aliphatic heterocycles. The third-order valence-corrected chi connectivity index (χ3v) is 6.61. The molecule has 1 amide bonds. The smallest absolute Gasteiger partial charge is 0.261 e. The highest BCUT2D eigenvalue weighted by atomic mass is 127. The monoisotopic (exact) mass is 620 g/mol. The summed E-state index contributed by atoms with van der Waals surface area (Å²) < 4.78 is 12.3. The highest BCUT2D eigenvalue weighted by Crippen LogP contribution is 2.35. The van der Waals surface area contributed by atoms with Crippen LogP contribution in [0.5, 0.6) is 11.5 Å². The predicted molar refractivity (Wildman–Crippen MR) is 148 cm³/mol. The van der Waals surface area contributed by atoms with E-state index in [2.05, 4.69) is 40.0 Å². The Hall–Kier alpha value is -2.73. The second-order valence-corrected chi connectivity index (χ2v) is 9.56. The Labute approximate surface area is 228 Å². The first-order chi connectivity index (χ1) is 16.9. The molecule has 0 atom stereocenters. The van der Waals surface area contributed by atoms with Crippen LogP contribution in [-0.2, 0) is 17.8 Å². The van der Waals surface area contributed by atoms with Crippen LogP contribution in [0.1, 0.15) is 23.1 Å². The lowest BCUT2D eigenvalue weighted by Crippen LogP contribution is -2.25. The number of methoxy groups -OCH3 is 1. The maximum atomic E-state index is 12.5. The SMILES string of the molecule is COc1cc(/C=C(/C#N)C(=O)NCCCc2ccccc2)cc(I)c1OCc1ccc(Cl)c(Cl)c1. The first-order valence-electron chi connectivity index (χ1n) is 10.8. The molecule has 8 heteroatoms. The summed E-state index contributed by atoms with van der Waals surface area (Å²) in [4.78, 5) is 12.5. The Morgan fingerprint density at radius 1 is 1.09 bits per heavy atom. The van der Waals surface area contributed by atoms with Gasteiger partial charge in [-0.1, -0.05) is 59.6 Å². The van der Waals surface area contributed by atoms with E-state index in [1.807, 2.05) is 36.4 Å². The molecule has 5 nitrogen and oxygen atoms in total. The summed E-state index contributed by atoms with van der Waals surface area (Å²) in [5, 5.41) is 13.3. The van der Waals surface area contributed by atoms with E-state index < -0.39 is 5.91 Å². The fourth-order valence-corrected chi connectivity index (χ4v) is 4.40. The summed E-state index contributed by atoms with van der Waals surface area (Å²) >= 11 is 14.2. The Bertz CT molecular complexity index is 1260.